The third-order valence-corrected chi connectivity index (χ3v) is 13.7. The molecule has 2 unspecified atom stereocenters. The van der Waals surface area contributed by atoms with Gasteiger partial charge in [0.1, 0.15) is 23.5 Å². The Morgan fingerprint density at radius 2 is 1.75 bits per heavy atom. The van der Waals surface area contributed by atoms with Gasteiger partial charge >= 0.3 is 0 Å². The minimum absolute atomic E-state index is 0.0963. The number of rotatable bonds is 8. The van der Waals surface area contributed by atoms with Crippen molar-refractivity contribution in [2.75, 3.05) is 31.2 Å². The predicted molar refractivity (Wildman–Crippen MR) is 202 cm³/mol. The van der Waals surface area contributed by atoms with E-state index in [-0.39, 0.29) is 45.6 Å². The van der Waals surface area contributed by atoms with Crippen molar-refractivity contribution in [1.29, 1.82) is 5.26 Å². The number of ether oxygens (including phenoxy) is 1. The molecule has 6 aromatic rings. The fourth-order valence-corrected chi connectivity index (χ4v) is 10.4. The summed E-state index contributed by atoms with van der Waals surface area (Å²) in [6.07, 6.45) is 9.71. The van der Waals surface area contributed by atoms with Gasteiger partial charge < -0.3 is 14.7 Å². The molecule has 14 heteroatoms. The lowest BCUT2D eigenvalue weighted by Crippen LogP contribution is -2.68. The van der Waals surface area contributed by atoms with E-state index in [2.05, 4.69) is 26.0 Å². The summed E-state index contributed by atoms with van der Waals surface area (Å²) in [5, 5.41) is 25.8. The molecular weight excluding hydrogens is 720 g/mol. The van der Waals surface area contributed by atoms with Crippen molar-refractivity contribution < 1.29 is 22.7 Å². The van der Waals surface area contributed by atoms with Crippen molar-refractivity contribution in [2.45, 2.75) is 55.8 Å². The van der Waals surface area contributed by atoms with Crippen molar-refractivity contribution in [2.24, 2.45) is 5.41 Å². The molecule has 1 saturated carbocycles. The van der Waals surface area contributed by atoms with E-state index >= 15 is 0 Å². The Morgan fingerprint density at radius 1 is 0.964 bits per heavy atom. The maximum atomic E-state index is 14.5. The number of pyridine rings is 2. The summed E-state index contributed by atoms with van der Waals surface area (Å²) in [6, 6.07) is 19.4. The van der Waals surface area contributed by atoms with E-state index < -0.39 is 10.0 Å². The summed E-state index contributed by atoms with van der Waals surface area (Å²) in [5.74, 6) is 0.516. The predicted octanol–water partition coefficient (Wildman–Crippen LogP) is 6.04. The van der Waals surface area contributed by atoms with Gasteiger partial charge in [0.2, 0.25) is 0 Å². The Hall–Kier alpha value is -5.62. The Bertz CT molecular complexity index is 2630. The molecule has 1 N–H and O–H groups in total. The van der Waals surface area contributed by atoms with Crippen LogP contribution in [0, 0.1) is 29.5 Å². The number of nitriles is 1. The molecule has 11 rings (SSSR count). The van der Waals surface area contributed by atoms with E-state index in [0.29, 0.717) is 45.4 Å². The van der Waals surface area contributed by atoms with E-state index in [1.807, 2.05) is 29.9 Å². The number of hydrogen-bond acceptors (Lipinski definition) is 10. The first-order chi connectivity index (χ1) is 26.6. The number of fused-ring (bicyclic) bond motifs is 3. The van der Waals surface area contributed by atoms with Crippen molar-refractivity contribution in [3.8, 4) is 34.2 Å². The zero-order chi connectivity index (χ0) is 37.6. The normalized spacial score (nSPS) is 20.6. The summed E-state index contributed by atoms with van der Waals surface area (Å²) in [5.41, 5.74) is 4.49. The van der Waals surface area contributed by atoms with Gasteiger partial charge in [0.15, 0.2) is 5.65 Å². The van der Waals surface area contributed by atoms with Crippen LogP contribution in [-0.4, -0.2) is 80.5 Å². The summed E-state index contributed by atoms with van der Waals surface area (Å²) >= 11 is 0. The van der Waals surface area contributed by atoms with Crippen LogP contribution in [-0.2, 0) is 21.3 Å². The second-order valence-electron chi connectivity index (χ2n) is 15.6. The van der Waals surface area contributed by atoms with Gasteiger partial charge in [-0.25, -0.2) is 26.7 Å². The van der Waals surface area contributed by atoms with Gasteiger partial charge in [0.25, 0.3) is 10.0 Å². The van der Waals surface area contributed by atoms with E-state index in [1.165, 1.54) is 28.4 Å². The molecule has 4 aromatic heterocycles. The summed E-state index contributed by atoms with van der Waals surface area (Å²) < 4.78 is 51.6. The third kappa shape index (κ3) is 5.51. The van der Waals surface area contributed by atoms with Gasteiger partial charge in [-0.15, -0.1) is 0 Å². The Labute approximate surface area is 317 Å². The number of aromatic hydroxyl groups is 1. The van der Waals surface area contributed by atoms with Gasteiger partial charge in [-0.2, -0.15) is 10.4 Å². The van der Waals surface area contributed by atoms with Gasteiger partial charge in [0.05, 0.1) is 41.6 Å². The molecule has 12 nitrogen and oxygen atoms in total. The van der Waals surface area contributed by atoms with Crippen LogP contribution >= 0.6 is 0 Å². The minimum Gasteiger partial charge on any atom is -0.508 e. The Kier molecular flexibility index (Phi) is 7.68. The van der Waals surface area contributed by atoms with Crippen molar-refractivity contribution >= 4 is 26.9 Å². The zero-order valence-electron chi connectivity index (χ0n) is 30.0. The number of piperidine rings is 1. The first-order valence-electron chi connectivity index (χ1n) is 18.4. The first-order valence-corrected chi connectivity index (χ1v) is 19.9. The molecule has 0 radical (unpaired) electrons. The summed E-state index contributed by atoms with van der Waals surface area (Å²) in [4.78, 5) is 14.1. The van der Waals surface area contributed by atoms with Crippen LogP contribution < -0.4 is 4.90 Å². The molecule has 1 aliphatic carbocycles. The lowest BCUT2D eigenvalue weighted by molar-refractivity contribution is -0.175. The first kappa shape index (κ1) is 33.9. The number of anilines is 1. The van der Waals surface area contributed by atoms with E-state index in [4.69, 9.17) is 9.72 Å². The highest BCUT2D eigenvalue weighted by Crippen LogP contribution is 2.53. The van der Waals surface area contributed by atoms with Gasteiger partial charge in [-0.05, 0) is 74.7 Å². The lowest BCUT2D eigenvalue weighted by atomic mass is 9.64. The number of benzene rings is 2. The molecule has 278 valence electrons. The molecule has 5 fully saturated rings. The van der Waals surface area contributed by atoms with Gasteiger partial charge in [-0.3, -0.25) is 9.58 Å². The van der Waals surface area contributed by atoms with Crippen LogP contribution in [0.2, 0.25) is 0 Å². The molecule has 55 heavy (non-hydrogen) atoms. The topological polar surface area (TPSA) is 142 Å². The average molecular weight is 757 g/mol. The van der Waals surface area contributed by atoms with Crippen LogP contribution in [0.5, 0.6) is 5.75 Å². The van der Waals surface area contributed by atoms with Crippen molar-refractivity contribution in [3.63, 3.8) is 0 Å². The number of halogens is 1. The van der Waals surface area contributed by atoms with Crippen molar-refractivity contribution in [3.05, 3.63) is 108 Å². The van der Waals surface area contributed by atoms with Crippen LogP contribution in [0.1, 0.15) is 42.0 Å². The van der Waals surface area contributed by atoms with Crippen LogP contribution in [0.4, 0.5) is 10.2 Å². The van der Waals surface area contributed by atoms with Crippen LogP contribution in [0.25, 0.3) is 33.4 Å². The average Bonchev–Trinajstić information content (AvgIpc) is 3.80. The number of hydrogen-bond donors (Lipinski definition) is 1. The zero-order valence-corrected chi connectivity index (χ0v) is 30.8. The molecule has 2 aromatic carbocycles. The highest BCUT2D eigenvalue weighted by atomic mass is 32.2. The standard InChI is InChI=1S/C41H37FN8O4S/c1-25-2-6-34(7-3-25)55(52,53)50-36(29-18-46-49(20-29)33-13-41(14-33)23-54-24-41)12-35-39(28(15-43)17-45-40(35)50)26-4-9-38(44-16-26)47-21-31-11-32(22-47)48(31)19-27-10-30(42)5-8-37(27)51/h2-10,12,16-18,20,31-33,51H,11,13-14,19,21-24H2,1H3. The number of nitrogens with zero attached hydrogens (tertiary/aromatic N) is 8. The second-order valence-corrected chi connectivity index (χ2v) is 17.4. The molecule has 2 atom stereocenters. The number of aryl methyl sites for hydroxylation is 1. The highest BCUT2D eigenvalue weighted by molar-refractivity contribution is 7.90. The van der Waals surface area contributed by atoms with Gasteiger partial charge in [0, 0.05) is 83.4 Å². The molecule has 8 heterocycles. The van der Waals surface area contributed by atoms with E-state index in [0.717, 1.165) is 56.9 Å². The van der Waals surface area contributed by atoms with Crippen molar-refractivity contribution in [1.82, 2.24) is 28.6 Å². The number of piperazine rings is 1. The molecule has 2 bridgehead atoms. The molecular formula is C41H37FN8O4S. The number of aromatic nitrogens is 5. The maximum Gasteiger partial charge on any atom is 0.269 e. The molecule has 1 spiro atoms. The minimum atomic E-state index is -4.14. The fraction of sp³-hybridized carbons (Fsp3) is 0.317. The largest absolute Gasteiger partial charge is 0.508 e. The molecule has 5 aliphatic rings. The van der Waals surface area contributed by atoms with E-state index in [9.17, 15) is 23.2 Å². The number of phenolic OH excluding ortho intramolecular Hbond substituents is 1. The maximum absolute atomic E-state index is 14.5. The smallest absolute Gasteiger partial charge is 0.269 e. The lowest BCUT2D eigenvalue weighted by Gasteiger charge is -2.56. The molecule has 0 amide bonds. The SMILES string of the molecule is Cc1ccc(S(=O)(=O)n2c(-c3cnn(C4CC5(COC5)C4)c3)cc3c(-c4ccc(N5CC6CC(C5)N6Cc5cc(F)ccc5O)nc4)c(C#N)cnc32)cc1. The van der Waals surface area contributed by atoms with E-state index in [1.54, 1.807) is 42.7 Å². The highest BCUT2D eigenvalue weighted by Gasteiger charge is 2.51. The Morgan fingerprint density at radius 3 is 2.44 bits per heavy atom. The van der Waals surface area contributed by atoms with Gasteiger partial charge in [-0.1, -0.05) is 17.7 Å². The second kappa shape index (κ2) is 12.5. The third-order valence-electron chi connectivity index (χ3n) is 12.0. The monoisotopic (exact) mass is 756 g/mol. The Balaban J connectivity index is 0.996. The molecule has 4 aliphatic heterocycles. The molecule has 4 saturated heterocycles. The summed E-state index contributed by atoms with van der Waals surface area (Å²) in [6.45, 7) is 5.39. The van der Waals surface area contributed by atoms with Crippen LogP contribution in [0.15, 0.2) is 90.3 Å². The summed E-state index contributed by atoms with van der Waals surface area (Å²) in [7, 11) is -4.14. The number of phenols is 1. The quantitative estimate of drug-likeness (QED) is 0.195. The fourth-order valence-electron chi connectivity index (χ4n) is 8.93. The van der Waals surface area contributed by atoms with Crippen LogP contribution in [0.3, 0.4) is 0 Å².